The van der Waals surface area contributed by atoms with Gasteiger partial charge in [0.05, 0.1) is 10.8 Å². The van der Waals surface area contributed by atoms with E-state index >= 15 is 0 Å². The standard InChI is InChI=1S/C15H15ClN2O3S2/c1-2-5-13-17-14(21-18-13)9-23(19,20)8-12-15(16)10-6-3-4-7-11(10)22-12/h3-4,6-7H,2,5,8-9H2,1H3. The maximum Gasteiger partial charge on any atom is 0.241 e. The number of nitrogens with zero attached hydrogens (tertiary/aromatic N) is 2. The molecule has 2 heterocycles. The summed E-state index contributed by atoms with van der Waals surface area (Å²) in [5, 5.41) is 5.16. The average Bonchev–Trinajstić information content (AvgIpc) is 3.04. The van der Waals surface area contributed by atoms with Crippen molar-refractivity contribution in [2.75, 3.05) is 0 Å². The van der Waals surface area contributed by atoms with E-state index in [1.807, 2.05) is 31.2 Å². The largest absolute Gasteiger partial charge is 0.338 e. The zero-order chi connectivity index (χ0) is 16.4. The molecule has 1 aromatic carbocycles. The molecule has 0 saturated carbocycles. The SMILES string of the molecule is CCCc1noc(CS(=O)(=O)Cc2sc3ccccc3c2Cl)n1. The lowest BCUT2D eigenvalue weighted by Crippen LogP contribution is -2.07. The Hall–Kier alpha value is -1.44. The molecule has 0 radical (unpaired) electrons. The third-order valence-corrected chi connectivity index (χ3v) is 6.59. The molecule has 0 bridgehead atoms. The molecule has 0 N–H and O–H groups in total. The number of benzene rings is 1. The lowest BCUT2D eigenvalue weighted by molar-refractivity contribution is 0.382. The molecule has 2 aromatic heterocycles. The number of thiophene rings is 1. The normalized spacial score (nSPS) is 12.1. The van der Waals surface area contributed by atoms with Crippen molar-refractivity contribution in [3.05, 3.63) is 45.9 Å². The molecule has 122 valence electrons. The van der Waals surface area contributed by atoms with Gasteiger partial charge in [-0.3, -0.25) is 0 Å². The molecular formula is C15H15ClN2O3S2. The van der Waals surface area contributed by atoms with Crippen molar-refractivity contribution in [2.24, 2.45) is 0 Å². The monoisotopic (exact) mass is 370 g/mol. The van der Waals surface area contributed by atoms with Crippen LogP contribution in [-0.4, -0.2) is 18.6 Å². The molecule has 0 amide bonds. The van der Waals surface area contributed by atoms with Gasteiger partial charge in [-0.05, 0) is 12.5 Å². The Morgan fingerprint density at radius 3 is 2.78 bits per heavy atom. The molecule has 0 aliphatic heterocycles. The summed E-state index contributed by atoms with van der Waals surface area (Å²) in [6, 6.07) is 7.60. The van der Waals surface area contributed by atoms with E-state index < -0.39 is 9.84 Å². The maximum absolute atomic E-state index is 12.4. The topological polar surface area (TPSA) is 73.1 Å². The molecule has 0 spiro atoms. The average molecular weight is 371 g/mol. The van der Waals surface area contributed by atoms with Crippen LogP contribution in [0.4, 0.5) is 0 Å². The highest BCUT2D eigenvalue weighted by Gasteiger charge is 2.21. The Morgan fingerprint density at radius 2 is 2.04 bits per heavy atom. The minimum atomic E-state index is -3.43. The van der Waals surface area contributed by atoms with E-state index in [0.717, 1.165) is 16.5 Å². The summed E-state index contributed by atoms with van der Waals surface area (Å²) in [4.78, 5) is 4.75. The highest BCUT2D eigenvalue weighted by Crippen LogP contribution is 2.36. The fourth-order valence-electron chi connectivity index (χ4n) is 2.27. The van der Waals surface area contributed by atoms with Crippen molar-refractivity contribution < 1.29 is 12.9 Å². The van der Waals surface area contributed by atoms with Crippen LogP contribution in [-0.2, 0) is 27.8 Å². The van der Waals surface area contributed by atoms with Crippen molar-refractivity contribution in [3.8, 4) is 0 Å². The number of fused-ring (bicyclic) bond motifs is 1. The number of rotatable bonds is 6. The molecular weight excluding hydrogens is 356 g/mol. The molecule has 23 heavy (non-hydrogen) atoms. The Morgan fingerprint density at radius 1 is 1.26 bits per heavy atom. The van der Waals surface area contributed by atoms with Crippen molar-refractivity contribution in [1.29, 1.82) is 0 Å². The van der Waals surface area contributed by atoms with E-state index in [1.54, 1.807) is 0 Å². The van der Waals surface area contributed by atoms with E-state index in [-0.39, 0.29) is 17.4 Å². The van der Waals surface area contributed by atoms with E-state index in [0.29, 0.717) is 22.1 Å². The lowest BCUT2D eigenvalue weighted by Gasteiger charge is -2.00. The second kappa shape index (κ2) is 6.59. The van der Waals surface area contributed by atoms with Crippen molar-refractivity contribution in [1.82, 2.24) is 10.1 Å². The number of aromatic nitrogens is 2. The third-order valence-electron chi connectivity index (χ3n) is 3.28. The molecule has 5 nitrogen and oxygen atoms in total. The first-order valence-corrected chi connectivity index (χ1v) is 10.2. The van der Waals surface area contributed by atoms with Crippen molar-refractivity contribution >= 4 is 42.9 Å². The van der Waals surface area contributed by atoms with Gasteiger partial charge in [0.15, 0.2) is 15.7 Å². The molecule has 3 rings (SSSR count). The van der Waals surface area contributed by atoms with Gasteiger partial charge >= 0.3 is 0 Å². The van der Waals surface area contributed by atoms with Gasteiger partial charge in [0.25, 0.3) is 0 Å². The summed E-state index contributed by atoms with van der Waals surface area (Å²) in [6.45, 7) is 2.00. The van der Waals surface area contributed by atoms with Crippen LogP contribution >= 0.6 is 22.9 Å². The van der Waals surface area contributed by atoms with Crippen LogP contribution in [0.5, 0.6) is 0 Å². The van der Waals surface area contributed by atoms with Gasteiger partial charge in [-0.15, -0.1) is 11.3 Å². The highest BCUT2D eigenvalue weighted by molar-refractivity contribution is 7.90. The van der Waals surface area contributed by atoms with Crippen LogP contribution in [0.15, 0.2) is 28.8 Å². The molecule has 0 saturated heterocycles. The maximum atomic E-state index is 12.4. The summed E-state index contributed by atoms with van der Waals surface area (Å²) in [5.41, 5.74) is 0. The van der Waals surface area contributed by atoms with E-state index in [4.69, 9.17) is 16.1 Å². The molecule has 0 aliphatic rings. The van der Waals surface area contributed by atoms with Crippen LogP contribution in [0.25, 0.3) is 10.1 Å². The first-order valence-electron chi connectivity index (χ1n) is 7.16. The summed E-state index contributed by atoms with van der Waals surface area (Å²) in [7, 11) is -3.43. The molecule has 0 aliphatic carbocycles. The third kappa shape index (κ3) is 3.73. The fourth-order valence-corrected chi connectivity index (χ4v) is 5.56. The Balaban J connectivity index is 1.80. The predicted molar refractivity (Wildman–Crippen MR) is 91.5 cm³/mol. The van der Waals surface area contributed by atoms with Gasteiger partial charge in [0.1, 0.15) is 5.75 Å². The second-order valence-corrected chi connectivity index (χ2v) is 8.80. The zero-order valence-corrected chi connectivity index (χ0v) is 14.8. The molecule has 0 fully saturated rings. The minimum Gasteiger partial charge on any atom is -0.338 e. The molecule has 0 unspecified atom stereocenters. The lowest BCUT2D eigenvalue weighted by atomic mass is 10.2. The summed E-state index contributed by atoms with van der Waals surface area (Å²) in [6.07, 6.45) is 1.55. The predicted octanol–water partition coefficient (Wildman–Crippen LogP) is 4.01. The van der Waals surface area contributed by atoms with Gasteiger partial charge in [0, 0.05) is 21.4 Å². The highest BCUT2D eigenvalue weighted by atomic mass is 35.5. The van der Waals surface area contributed by atoms with Crippen molar-refractivity contribution in [2.45, 2.75) is 31.3 Å². The van der Waals surface area contributed by atoms with Crippen molar-refractivity contribution in [3.63, 3.8) is 0 Å². The second-order valence-electron chi connectivity index (χ2n) is 5.22. The quantitative estimate of drug-likeness (QED) is 0.655. The number of hydrogen-bond donors (Lipinski definition) is 0. The number of sulfone groups is 1. The van der Waals surface area contributed by atoms with Crippen LogP contribution < -0.4 is 0 Å². The number of aryl methyl sites for hydroxylation is 1. The Bertz CT molecular complexity index is 931. The fraction of sp³-hybridized carbons (Fsp3) is 0.333. The van der Waals surface area contributed by atoms with Crippen LogP contribution in [0.1, 0.15) is 29.9 Å². The van der Waals surface area contributed by atoms with Gasteiger partial charge in [0.2, 0.25) is 5.89 Å². The first-order chi connectivity index (χ1) is 11.0. The minimum absolute atomic E-state index is 0.128. The number of hydrogen-bond acceptors (Lipinski definition) is 6. The van der Waals surface area contributed by atoms with Gasteiger partial charge in [-0.2, -0.15) is 4.98 Å². The number of halogens is 1. The smallest absolute Gasteiger partial charge is 0.241 e. The first kappa shape index (κ1) is 16.4. The van der Waals surface area contributed by atoms with Gasteiger partial charge < -0.3 is 4.52 Å². The molecule has 3 aromatic rings. The van der Waals surface area contributed by atoms with Gasteiger partial charge in [-0.25, -0.2) is 8.42 Å². The van der Waals surface area contributed by atoms with E-state index in [1.165, 1.54) is 11.3 Å². The molecule has 0 atom stereocenters. The zero-order valence-electron chi connectivity index (χ0n) is 12.5. The van der Waals surface area contributed by atoms with Crippen LogP contribution in [0, 0.1) is 0 Å². The van der Waals surface area contributed by atoms with Gasteiger partial charge in [-0.1, -0.05) is 41.9 Å². The Labute approximate surface area is 143 Å². The van der Waals surface area contributed by atoms with Crippen LogP contribution in [0.3, 0.4) is 0 Å². The Kier molecular flexibility index (Phi) is 4.70. The summed E-state index contributed by atoms with van der Waals surface area (Å²) in [5.74, 6) is 0.272. The summed E-state index contributed by atoms with van der Waals surface area (Å²) < 4.78 is 30.8. The van der Waals surface area contributed by atoms with Crippen LogP contribution in [0.2, 0.25) is 5.02 Å². The van der Waals surface area contributed by atoms with E-state index in [9.17, 15) is 8.42 Å². The molecule has 8 heteroatoms. The van der Waals surface area contributed by atoms with E-state index in [2.05, 4.69) is 10.1 Å². The summed E-state index contributed by atoms with van der Waals surface area (Å²) >= 11 is 7.70.